The summed E-state index contributed by atoms with van der Waals surface area (Å²) < 4.78 is 5.03. The van der Waals surface area contributed by atoms with Gasteiger partial charge in [0.2, 0.25) is 5.91 Å². The average molecular weight is 393 g/mol. The summed E-state index contributed by atoms with van der Waals surface area (Å²) in [4.78, 5) is 40.9. The number of hydrogen-bond donors (Lipinski definition) is 1. The molecule has 2 amide bonds. The van der Waals surface area contributed by atoms with E-state index in [-0.39, 0.29) is 24.2 Å². The molecule has 1 unspecified atom stereocenters. The van der Waals surface area contributed by atoms with Crippen LogP contribution in [0.25, 0.3) is 0 Å². The molecule has 2 aromatic rings. The Hall–Kier alpha value is -2.99. The number of imide groups is 1. The number of hydrogen-bond acceptors (Lipinski definition) is 4. The Bertz CT molecular complexity index is 1000. The highest BCUT2D eigenvalue weighted by Crippen LogP contribution is 2.27. The van der Waals surface area contributed by atoms with E-state index in [2.05, 4.69) is 0 Å². The lowest BCUT2D eigenvalue weighted by atomic mass is 9.92. The average Bonchev–Trinajstić information content (AvgIpc) is 3.02. The zero-order valence-corrected chi connectivity index (χ0v) is 16.9. The number of methoxy groups -OCH3 is 1. The van der Waals surface area contributed by atoms with E-state index in [4.69, 9.17) is 4.74 Å². The van der Waals surface area contributed by atoms with Crippen molar-refractivity contribution in [2.45, 2.75) is 45.3 Å². The van der Waals surface area contributed by atoms with Gasteiger partial charge in [-0.15, -0.1) is 0 Å². The van der Waals surface area contributed by atoms with Crippen LogP contribution < -0.4 is 9.80 Å². The van der Waals surface area contributed by atoms with Crippen molar-refractivity contribution < 1.29 is 24.0 Å². The highest BCUT2D eigenvalue weighted by molar-refractivity contribution is 6.22. The molecular weight excluding hydrogens is 368 g/mol. The number of ether oxygens (including phenoxy) is 1. The maximum absolute atomic E-state index is 13.4. The van der Waals surface area contributed by atoms with Crippen molar-refractivity contribution in [3.05, 3.63) is 64.7 Å². The Morgan fingerprint density at radius 2 is 1.79 bits per heavy atom. The highest BCUT2D eigenvalue weighted by Gasteiger charge is 2.51. The minimum absolute atomic E-state index is 0.0945. The van der Waals surface area contributed by atoms with E-state index in [1.54, 1.807) is 0 Å². The predicted octanol–water partition coefficient (Wildman–Crippen LogP) is 1.12. The molecule has 2 aliphatic heterocycles. The van der Waals surface area contributed by atoms with Gasteiger partial charge in [0.05, 0.1) is 19.2 Å². The number of amides is 2. The van der Waals surface area contributed by atoms with Gasteiger partial charge >= 0.3 is 5.97 Å². The van der Waals surface area contributed by atoms with Crippen LogP contribution >= 0.6 is 0 Å². The summed E-state index contributed by atoms with van der Waals surface area (Å²) >= 11 is 0. The smallest absolute Gasteiger partial charge is 0.365 e. The van der Waals surface area contributed by atoms with Crippen LogP contribution in [0.5, 0.6) is 0 Å². The van der Waals surface area contributed by atoms with Gasteiger partial charge in [-0.2, -0.15) is 0 Å². The van der Waals surface area contributed by atoms with Crippen molar-refractivity contribution in [1.82, 2.24) is 0 Å². The summed E-state index contributed by atoms with van der Waals surface area (Å²) in [5.74, 6) is -0.810. The molecule has 0 aromatic heterocycles. The lowest BCUT2D eigenvalue weighted by Gasteiger charge is -2.34. The molecule has 0 radical (unpaired) electrons. The second-order valence-electron chi connectivity index (χ2n) is 7.91. The molecule has 1 saturated heterocycles. The molecule has 2 heterocycles. The van der Waals surface area contributed by atoms with Crippen LogP contribution in [0.4, 0.5) is 5.69 Å². The van der Waals surface area contributed by atoms with E-state index in [1.165, 1.54) is 12.0 Å². The molecule has 0 aliphatic carbocycles. The Morgan fingerprint density at radius 3 is 2.52 bits per heavy atom. The number of carbonyl (C=O) groups is 3. The summed E-state index contributed by atoms with van der Waals surface area (Å²) in [5.41, 5.74) is 4.69. The van der Waals surface area contributed by atoms with Crippen molar-refractivity contribution in [3.63, 3.8) is 0 Å². The zero-order valence-electron chi connectivity index (χ0n) is 16.9. The number of anilines is 1. The standard InChI is InChI=1S/C23H24N2O4/c1-14-8-9-15(2)18(10-14)25-21(26)12-19(22(25)27)24-13-17-7-5-4-6-16(17)11-20(24)23(28)29-3/h4-10,19-20H,11-13H2,1-3H3/p+1/t19-,20-/m1/s1. The van der Waals surface area contributed by atoms with Crippen LogP contribution in [-0.2, 0) is 32.1 Å². The second kappa shape index (κ2) is 7.44. The predicted molar refractivity (Wildman–Crippen MR) is 107 cm³/mol. The Morgan fingerprint density at radius 1 is 1.07 bits per heavy atom. The summed E-state index contributed by atoms with van der Waals surface area (Å²) in [6.45, 7) is 4.34. The van der Waals surface area contributed by atoms with E-state index in [0.29, 0.717) is 18.7 Å². The second-order valence-corrected chi connectivity index (χ2v) is 7.91. The number of quaternary nitrogens is 1. The largest absolute Gasteiger partial charge is 0.465 e. The Balaban J connectivity index is 1.70. The zero-order chi connectivity index (χ0) is 20.7. The third kappa shape index (κ3) is 3.34. The van der Waals surface area contributed by atoms with Crippen molar-refractivity contribution in [2.75, 3.05) is 12.0 Å². The number of nitrogens with one attached hydrogen (secondary N) is 1. The van der Waals surface area contributed by atoms with Gasteiger partial charge in [0.1, 0.15) is 6.54 Å². The summed E-state index contributed by atoms with van der Waals surface area (Å²) in [5, 5.41) is 0. The molecule has 0 bridgehead atoms. The molecule has 6 heteroatoms. The fraction of sp³-hybridized carbons (Fsp3) is 0.348. The SMILES string of the molecule is COC(=O)[C@H]1Cc2ccccc2C[NH+]1[C@@H]1CC(=O)N(c2cc(C)ccc2C)C1=O. The monoisotopic (exact) mass is 393 g/mol. The number of benzene rings is 2. The number of nitrogens with zero attached hydrogens (tertiary/aromatic N) is 1. The Labute approximate surface area is 170 Å². The number of aryl methyl sites for hydroxylation is 2. The first-order valence-corrected chi connectivity index (χ1v) is 9.85. The molecule has 6 nitrogen and oxygen atoms in total. The first-order chi connectivity index (χ1) is 13.9. The molecule has 150 valence electrons. The van der Waals surface area contributed by atoms with Gasteiger partial charge in [-0.3, -0.25) is 9.59 Å². The molecule has 0 spiro atoms. The molecular formula is C23H25N2O4+. The third-order valence-electron chi connectivity index (χ3n) is 6.07. The number of rotatable bonds is 3. The number of fused-ring (bicyclic) bond motifs is 1. The molecule has 1 fully saturated rings. The van der Waals surface area contributed by atoms with Crippen LogP contribution in [0.2, 0.25) is 0 Å². The molecule has 1 N–H and O–H groups in total. The van der Waals surface area contributed by atoms with Crippen molar-refractivity contribution in [3.8, 4) is 0 Å². The number of esters is 1. The normalized spacial score (nSPS) is 23.8. The molecule has 0 saturated carbocycles. The topological polar surface area (TPSA) is 68.1 Å². The Kier molecular flexibility index (Phi) is 4.96. The van der Waals surface area contributed by atoms with E-state index < -0.39 is 12.1 Å². The van der Waals surface area contributed by atoms with E-state index in [1.807, 2.05) is 56.3 Å². The van der Waals surface area contributed by atoms with Crippen molar-refractivity contribution in [2.24, 2.45) is 0 Å². The minimum Gasteiger partial charge on any atom is -0.465 e. The van der Waals surface area contributed by atoms with Crippen molar-refractivity contribution in [1.29, 1.82) is 0 Å². The lowest BCUT2D eigenvalue weighted by Crippen LogP contribution is -3.20. The van der Waals surface area contributed by atoms with Gasteiger partial charge in [-0.25, -0.2) is 9.69 Å². The third-order valence-corrected chi connectivity index (χ3v) is 6.07. The molecule has 3 atom stereocenters. The maximum atomic E-state index is 13.4. The summed E-state index contributed by atoms with van der Waals surface area (Å²) in [7, 11) is 1.37. The lowest BCUT2D eigenvalue weighted by molar-refractivity contribution is -0.946. The maximum Gasteiger partial charge on any atom is 0.365 e. The highest BCUT2D eigenvalue weighted by atomic mass is 16.5. The summed E-state index contributed by atoms with van der Waals surface area (Å²) in [6, 6.07) is 12.6. The molecule has 4 rings (SSSR count). The van der Waals surface area contributed by atoms with Gasteiger partial charge in [0.15, 0.2) is 12.1 Å². The van der Waals surface area contributed by atoms with Crippen molar-refractivity contribution >= 4 is 23.5 Å². The first kappa shape index (κ1) is 19.3. The van der Waals surface area contributed by atoms with Gasteiger partial charge in [0.25, 0.3) is 5.91 Å². The van der Waals surface area contributed by atoms with Crippen LogP contribution in [0.15, 0.2) is 42.5 Å². The van der Waals surface area contributed by atoms with Gasteiger partial charge in [0, 0.05) is 12.0 Å². The van der Waals surface area contributed by atoms with E-state index in [9.17, 15) is 14.4 Å². The first-order valence-electron chi connectivity index (χ1n) is 9.85. The van der Waals surface area contributed by atoms with Crippen LogP contribution in [0.3, 0.4) is 0 Å². The fourth-order valence-electron chi connectivity index (χ4n) is 4.50. The van der Waals surface area contributed by atoms with Gasteiger partial charge < -0.3 is 9.64 Å². The molecule has 29 heavy (non-hydrogen) atoms. The van der Waals surface area contributed by atoms with Crippen LogP contribution in [0, 0.1) is 13.8 Å². The van der Waals surface area contributed by atoms with Crippen LogP contribution in [0.1, 0.15) is 28.7 Å². The minimum atomic E-state index is -0.597. The number of carbonyl (C=O) groups excluding carboxylic acids is 3. The van der Waals surface area contributed by atoms with Crippen LogP contribution in [-0.4, -0.2) is 37.0 Å². The molecule has 2 aliphatic rings. The van der Waals surface area contributed by atoms with Gasteiger partial charge in [-0.1, -0.05) is 36.4 Å². The van der Waals surface area contributed by atoms with Gasteiger partial charge in [-0.05, 0) is 36.6 Å². The van der Waals surface area contributed by atoms with E-state index in [0.717, 1.165) is 27.2 Å². The quantitative estimate of drug-likeness (QED) is 0.627. The summed E-state index contributed by atoms with van der Waals surface area (Å²) in [6.07, 6.45) is 0.594. The van der Waals surface area contributed by atoms with E-state index >= 15 is 0 Å². The fourth-order valence-corrected chi connectivity index (χ4v) is 4.50. The molecule has 2 aromatic carbocycles.